The van der Waals surface area contributed by atoms with Crippen molar-refractivity contribution in [1.29, 1.82) is 0 Å². The highest BCUT2D eigenvalue weighted by atomic mass is 16.1. The van der Waals surface area contributed by atoms with Gasteiger partial charge < -0.3 is 15.2 Å². The SMILES string of the molecule is CCCn1cncc1CNc1cccc(NC(=O)CC)c1. The Bertz CT molecular complexity index is 591. The van der Waals surface area contributed by atoms with Gasteiger partial charge in [-0.2, -0.15) is 0 Å². The van der Waals surface area contributed by atoms with Crippen LogP contribution in [0.2, 0.25) is 0 Å². The molecule has 2 rings (SSSR count). The van der Waals surface area contributed by atoms with Gasteiger partial charge in [0.15, 0.2) is 0 Å². The minimum absolute atomic E-state index is 0.0215. The highest BCUT2D eigenvalue weighted by Gasteiger charge is 2.03. The first kappa shape index (κ1) is 15.1. The van der Waals surface area contributed by atoms with E-state index in [-0.39, 0.29) is 5.91 Å². The van der Waals surface area contributed by atoms with Gasteiger partial charge in [-0.3, -0.25) is 4.79 Å². The average molecular weight is 286 g/mol. The topological polar surface area (TPSA) is 59.0 Å². The maximum absolute atomic E-state index is 11.4. The summed E-state index contributed by atoms with van der Waals surface area (Å²) >= 11 is 0. The second-order valence-electron chi connectivity index (χ2n) is 4.91. The molecule has 112 valence electrons. The van der Waals surface area contributed by atoms with Gasteiger partial charge in [0.2, 0.25) is 5.91 Å². The van der Waals surface area contributed by atoms with Crippen LogP contribution >= 0.6 is 0 Å². The molecule has 1 aromatic carbocycles. The molecule has 0 aliphatic heterocycles. The van der Waals surface area contributed by atoms with Crippen LogP contribution in [-0.2, 0) is 17.9 Å². The Balaban J connectivity index is 1.98. The van der Waals surface area contributed by atoms with Gasteiger partial charge in [0.1, 0.15) is 0 Å². The lowest BCUT2D eigenvalue weighted by Gasteiger charge is -2.11. The Labute approximate surface area is 125 Å². The number of nitrogens with one attached hydrogen (secondary N) is 2. The first-order valence-corrected chi connectivity index (χ1v) is 7.35. The lowest BCUT2D eigenvalue weighted by Crippen LogP contribution is -2.10. The smallest absolute Gasteiger partial charge is 0.224 e. The standard InChI is InChI=1S/C16H22N4O/c1-3-8-20-12-17-10-15(20)11-18-13-6-5-7-14(9-13)19-16(21)4-2/h5-7,9-10,12,18H,3-4,8,11H2,1-2H3,(H,19,21). The molecule has 0 atom stereocenters. The third-order valence-corrected chi connectivity index (χ3v) is 3.20. The lowest BCUT2D eigenvalue weighted by molar-refractivity contribution is -0.115. The monoisotopic (exact) mass is 286 g/mol. The maximum atomic E-state index is 11.4. The minimum Gasteiger partial charge on any atom is -0.379 e. The predicted molar refractivity (Wildman–Crippen MR) is 85.2 cm³/mol. The first-order chi connectivity index (χ1) is 10.2. The molecule has 0 spiro atoms. The third-order valence-electron chi connectivity index (χ3n) is 3.20. The molecule has 2 aromatic rings. The van der Waals surface area contributed by atoms with Gasteiger partial charge in [-0.25, -0.2) is 4.98 Å². The van der Waals surface area contributed by atoms with Crippen LogP contribution in [0.15, 0.2) is 36.8 Å². The first-order valence-electron chi connectivity index (χ1n) is 7.35. The number of anilines is 2. The summed E-state index contributed by atoms with van der Waals surface area (Å²) in [5.41, 5.74) is 2.95. The van der Waals surface area contributed by atoms with Crippen LogP contribution in [0.1, 0.15) is 32.4 Å². The van der Waals surface area contributed by atoms with Crippen LogP contribution in [0, 0.1) is 0 Å². The number of imidazole rings is 1. The van der Waals surface area contributed by atoms with Crippen molar-refractivity contribution in [3.05, 3.63) is 42.5 Å². The molecule has 0 unspecified atom stereocenters. The summed E-state index contributed by atoms with van der Waals surface area (Å²) in [7, 11) is 0. The van der Waals surface area contributed by atoms with Crippen molar-refractivity contribution in [2.75, 3.05) is 10.6 Å². The normalized spacial score (nSPS) is 10.4. The van der Waals surface area contributed by atoms with Crippen molar-refractivity contribution in [3.63, 3.8) is 0 Å². The molecule has 1 aromatic heterocycles. The number of nitrogens with zero attached hydrogens (tertiary/aromatic N) is 2. The Morgan fingerprint density at radius 3 is 2.86 bits per heavy atom. The molecule has 0 fully saturated rings. The number of aryl methyl sites for hydroxylation is 1. The molecule has 0 aliphatic carbocycles. The molecule has 0 bridgehead atoms. The highest BCUT2D eigenvalue weighted by Crippen LogP contribution is 2.16. The molecule has 5 nitrogen and oxygen atoms in total. The Morgan fingerprint density at radius 2 is 2.10 bits per heavy atom. The fraction of sp³-hybridized carbons (Fsp3) is 0.375. The second-order valence-corrected chi connectivity index (χ2v) is 4.91. The number of hydrogen-bond donors (Lipinski definition) is 2. The molecule has 5 heteroatoms. The van der Waals surface area contributed by atoms with Gasteiger partial charge in [-0.05, 0) is 24.6 Å². The molecule has 1 amide bonds. The quantitative estimate of drug-likeness (QED) is 0.821. The van der Waals surface area contributed by atoms with Crippen LogP contribution in [0.5, 0.6) is 0 Å². The number of aromatic nitrogens is 2. The van der Waals surface area contributed by atoms with E-state index in [4.69, 9.17) is 0 Å². The van der Waals surface area contributed by atoms with Crippen molar-refractivity contribution in [2.45, 2.75) is 39.8 Å². The molecule has 0 saturated heterocycles. The highest BCUT2D eigenvalue weighted by molar-refractivity contribution is 5.90. The van der Waals surface area contributed by atoms with E-state index in [1.54, 1.807) is 0 Å². The van der Waals surface area contributed by atoms with Crippen LogP contribution in [-0.4, -0.2) is 15.5 Å². The van der Waals surface area contributed by atoms with E-state index in [0.717, 1.165) is 30.0 Å². The fourth-order valence-electron chi connectivity index (χ4n) is 2.09. The minimum atomic E-state index is 0.0215. The zero-order valence-electron chi connectivity index (χ0n) is 12.6. The molecule has 1 heterocycles. The molecule has 2 N–H and O–H groups in total. The molecule has 0 radical (unpaired) electrons. The van der Waals surface area contributed by atoms with E-state index in [9.17, 15) is 4.79 Å². The maximum Gasteiger partial charge on any atom is 0.224 e. The summed E-state index contributed by atoms with van der Waals surface area (Å²) in [6, 6.07) is 7.74. The fourth-order valence-corrected chi connectivity index (χ4v) is 2.09. The number of benzene rings is 1. The van der Waals surface area contributed by atoms with Gasteiger partial charge in [0.05, 0.1) is 18.6 Å². The third kappa shape index (κ3) is 4.34. The molecule has 21 heavy (non-hydrogen) atoms. The average Bonchev–Trinajstić information content (AvgIpc) is 2.93. The van der Waals surface area contributed by atoms with Gasteiger partial charge in [0.25, 0.3) is 0 Å². The summed E-state index contributed by atoms with van der Waals surface area (Å²) < 4.78 is 2.15. The van der Waals surface area contributed by atoms with Crippen LogP contribution in [0.25, 0.3) is 0 Å². The number of amides is 1. The summed E-state index contributed by atoms with van der Waals surface area (Å²) in [5.74, 6) is 0.0215. The van der Waals surface area contributed by atoms with E-state index < -0.39 is 0 Å². The predicted octanol–water partition coefficient (Wildman–Crippen LogP) is 3.25. The van der Waals surface area contributed by atoms with Gasteiger partial charge in [-0.15, -0.1) is 0 Å². The van der Waals surface area contributed by atoms with Crippen LogP contribution in [0.3, 0.4) is 0 Å². The van der Waals surface area contributed by atoms with Gasteiger partial charge >= 0.3 is 0 Å². The summed E-state index contributed by atoms with van der Waals surface area (Å²) in [6.45, 7) is 5.68. The Hall–Kier alpha value is -2.30. The van der Waals surface area contributed by atoms with Crippen molar-refractivity contribution in [3.8, 4) is 0 Å². The van der Waals surface area contributed by atoms with Crippen molar-refractivity contribution >= 4 is 17.3 Å². The van der Waals surface area contributed by atoms with Crippen LogP contribution < -0.4 is 10.6 Å². The number of carbonyl (C=O) groups excluding carboxylic acids is 1. The van der Waals surface area contributed by atoms with E-state index in [2.05, 4.69) is 27.1 Å². The number of carbonyl (C=O) groups is 1. The van der Waals surface area contributed by atoms with Gasteiger partial charge in [0, 0.05) is 30.5 Å². The van der Waals surface area contributed by atoms with Crippen LogP contribution in [0.4, 0.5) is 11.4 Å². The van der Waals surface area contributed by atoms with Crippen molar-refractivity contribution in [1.82, 2.24) is 9.55 Å². The molecule has 0 saturated carbocycles. The van der Waals surface area contributed by atoms with Crippen molar-refractivity contribution < 1.29 is 4.79 Å². The molecule has 0 aliphatic rings. The van der Waals surface area contributed by atoms with E-state index in [1.165, 1.54) is 0 Å². The molecular formula is C16H22N4O. The van der Waals surface area contributed by atoms with E-state index in [1.807, 2.05) is 43.7 Å². The van der Waals surface area contributed by atoms with Gasteiger partial charge in [-0.1, -0.05) is 19.9 Å². The lowest BCUT2D eigenvalue weighted by atomic mass is 10.2. The second kappa shape index (κ2) is 7.47. The summed E-state index contributed by atoms with van der Waals surface area (Å²) in [5, 5.41) is 6.23. The Kier molecular flexibility index (Phi) is 5.37. The largest absolute Gasteiger partial charge is 0.379 e. The number of hydrogen-bond acceptors (Lipinski definition) is 3. The molecular weight excluding hydrogens is 264 g/mol. The van der Waals surface area contributed by atoms with E-state index in [0.29, 0.717) is 13.0 Å². The van der Waals surface area contributed by atoms with Crippen molar-refractivity contribution in [2.24, 2.45) is 0 Å². The zero-order chi connectivity index (χ0) is 15.1. The van der Waals surface area contributed by atoms with E-state index >= 15 is 0 Å². The number of rotatable bonds is 7. The zero-order valence-corrected chi connectivity index (χ0v) is 12.6. The Morgan fingerprint density at radius 1 is 1.29 bits per heavy atom. The summed E-state index contributed by atoms with van der Waals surface area (Å²) in [4.78, 5) is 15.6. The summed E-state index contributed by atoms with van der Waals surface area (Å²) in [6.07, 6.45) is 5.31.